The van der Waals surface area contributed by atoms with Gasteiger partial charge >= 0.3 is 0 Å². The summed E-state index contributed by atoms with van der Waals surface area (Å²) < 4.78 is 7.68. The molecule has 1 fully saturated rings. The van der Waals surface area contributed by atoms with Crippen molar-refractivity contribution in [2.75, 3.05) is 19.4 Å². The number of amides is 1. The largest absolute Gasteiger partial charge is 0.506 e. The van der Waals surface area contributed by atoms with E-state index in [9.17, 15) is 9.90 Å². The van der Waals surface area contributed by atoms with Crippen LogP contribution in [0, 0.1) is 20.8 Å². The predicted octanol–water partition coefficient (Wildman–Crippen LogP) is 3.12. The fraction of sp³-hybridized carbons (Fsp3) is 0.364. The molecule has 3 aromatic rings. The van der Waals surface area contributed by atoms with Crippen molar-refractivity contribution in [2.24, 2.45) is 5.73 Å². The molecular formula is C22H26ClN5O3. The maximum absolute atomic E-state index is 12.3. The van der Waals surface area contributed by atoms with Gasteiger partial charge in [0, 0.05) is 16.5 Å². The molecule has 0 bridgehead atoms. The number of aryl methyl sites for hydroxylation is 2. The Morgan fingerprint density at radius 1 is 1.32 bits per heavy atom. The maximum atomic E-state index is 12.3. The molecule has 31 heavy (non-hydrogen) atoms. The smallest absolute Gasteiger partial charge is 0.253 e. The second kappa shape index (κ2) is 7.32. The molecule has 1 aromatic carbocycles. The summed E-state index contributed by atoms with van der Waals surface area (Å²) in [5.41, 5.74) is 15.3. The quantitative estimate of drug-likeness (QED) is 0.463. The van der Waals surface area contributed by atoms with Crippen LogP contribution < -0.4 is 21.5 Å². The summed E-state index contributed by atoms with van der Waals surface area (Å²) in [4.78, 5) is 17.0. The first-order valence-electron chi connectivity index (χ1n) is 10.0. The Balaban J connectivity index is 1.97. The number of nitrogens with two attached hydrogens (primary N) is 2. The number of likely N-dealkylation sites (N-methyl/N-ethyl adjacent to an activating group) is 1. The third-order valence-corrected chi connectivity index (χ3v) is 6.41. The van der Waals surface area contributed by atoms with E-state index in [2.05, 4.69) is 5.32 Å². The lowest BCUT2D eigenvalue weighted by Crippen LogP contribution is -2.34. The second-order valence-electron chi connectivity index (χ2n) is 8.26. The molecule has 0 unspecified atom stereocenters. The van der Waals surface area contributed by atoms with Gasteiger partial charge in [0.25, 0.3) is 5.91 Å². The van der Waals surface area contributed by atoms with Crippen LogP contribution >= 0.6 is 11.6 Å². The number of primary amides is 1. The van der Waals surface area contributed by atoms with Crippen LogP contribution in [0.25, 0.3) is 16.7 Å². The number of nitrogens with zero attached hydrogens (tertiary/aromatic N) is 2. The number of nitrogens with one attached hydrogen (secondary N) is 1. The van der Waals surface area contributed by atoms with Crippen molar-refractivity contribution >= 4 is 34.4 Å². The van der Waals surface area contributed by atoms with E-state index < -0.39 is 5.91 Å². The molecule has 9 heteroatoms. The summed E-state index contributed by atoms with van der Waals surface area (Å²) in [5, 5.41) is 14.5. The SMILES string of the molecule is CNC1(COc2nc3c(cc2C)c(C(N)=O)c(N)n3-c2c(C)cc(Cl)c(O)c2C)CC1. The van der Waals surface area contributed by atoms with Gasteiger partial charge in [-0.25, -0.2) is 0 Å². The number of anilines is 1. The highest BCUT2D eigenvalue weighted by molar-refractivity contribution is 6.32. The van der Waals surface area contributed by atoms with Gasteiger partial charge in [0.2, 0.25) is 5.88 Å². The second-order valence-corrected chi connectivity index (χ2v) is 8.67. The molecule has 4 rings (SSSR count). The average molecular weight is 444 g/mol. The number of benzene rings is 1. The van der Waals surface area contributed by atoms with E-state index in [0.717, 1.165) is 24.0 Å². The normalized spacial score (nSPS) is 14.7. The van der Waals surface area contributed by atoms with Gasteiger partial charge in [-0.05, 0) is 58.4 Å². The van der Waals surface area contributed by atoms with Gasteiger partial charge in [0.1, 0.15) is 18.2 Å². The number of carbonyl (C=O) groups excluding carboxylic acids is 1. The molecule has 8 nitrogen and oxygen atoms in total. The Bertz CT molecular complexity index is 1230. The minimum atomic E-state index is -0.656. The van der Waals surface area contributed by atoms with Crippen LogP contribution in [0.2, 0.25) is 5.02 Å². The van der Waals surface area contributed by atoms with Crippen LogP contribution in [-0.2, 0) is 0 Å². The van der Waals surface area contributed by atoms with Crippen molar-refractivity contribution in [3.8, 4) is 17.3 Å². The number of hydrogen-bond acceptors (Lipinski definition) is 6. The maximum Gasteiger partial charge on any atom is 0.253 e. The molecule has 6 N–H and O–H groups in total. The van der Waals surface area contributed by atoms with Crippen molar-refractivity contribution in [1.29, 1.82) is 0 Å². The van der Waals surface area contributed by atoms with Crippen LogP contribution in [0.5, 0.6) is 11.6 Å². The van der Waals surface area contributed by atoms with Crippen molar-refractivity contribution in [3.05, 3.63) is 39.4 Å². The van der Waals surface area contributed by atoms with E-state index >= 15 is 0 Å². The molecule has 0 saturated heterocycles. The number of ether oxygens (including phenoxy) is 1. The van der Waals surface area contributed by atoms with Gasteiger partial charge in [-0.15, -0.1) is 0 Å². The first kappa shape index (κ1) is 21.3. The highest BCUT2D eigenvalue weighted by atomic mass is 35.5. The Kier molecular flexibility index (Phi) is 5.02. The monoisotopic (exact) mass is 443 g/mol. The number of hydrogen-bond donors (Lipinski definition) is 4. The number of halogens is 1. The van der Waals surface area contributed by atoms with E-state index in [4.69, 9.17) is 32.8 Å². The minimum absolute atomic E-state index is 0.0162. The Labute approximate surface area is 185 Å². The number of fused-ring (bicyclic) bond motifs is 1. The molecular weight excluding hydrogens is 418 g/mol. The van der Waals surface area contributed by atoms with Crippen LogP contribution in [0.1, 0.15) is 39.9 Å². The van der Waals surface area contributed by atoms with Gasteiger partial charge in [-0.1, -0.05) is 11.6 Å². The minimum Gasteiger partial charge on any atom is -0.506 e. The number of phenolic OH excluding ortho intramolecular Hbond substituents is 1. The zero-order valence-electron chi connectivity index (χ0n) is 18.0. The number of carbonyl (C=O) groups is 1. The van der Waals surface area contributed by atoms with E-state index in [0.29, 0.717) is 34.8 Å². The Morgan fingerprint density at radius 3 is 2.58 bits per heavy atom. The van der Waals surface area contributed by atoms with Gasteiger partial charge in [-0.3, -0.25) is 9.36 Å². The first-order chi connectivity index (χ1) is 14.6. The van der Waals surface area contributed by atoms with E-state index in [-0.39, 0.29) is 27.7 Å². The van der Waals surface area contributed by atoms with E-state index in [1.54, 1.807) is 17.6 Å². The van der Waals surface area contributed by atoms with Crippen molar-refractivity contribution < 1.29 is 14.6 Å². The van der Waals surface area contributed by atoms with Crippen molar-refractivity contribution in [1.82, 2.24) is 14.9 Å². The summed E-state index contributed by atoms with van der Waals surface area (Å²) in [6, 6.07) is 3.45. The first-order valence-corrected chi connectivity index (χ1v) is 10.4. The van der Waals surface area contributed by atoms with Gasteiger partial charge in [-0.2, -0.15) is 4.98 Å². The zero-order valence-corrected chi connectivity index (χ0v) is 18.7. The molecule has 2 aromatic heterocycles. The van der Waals surface area contributed by atoms with Gasteiger partial charge < -0.3 is 26.6 Å². The lowest BCUT2D eigenvalue weighted by atomic mass is 10.1. The van der Waals surface area contributed by atoms with Crippen LogP contribution in [-0.4, -0.2) is 39.8 Å². The summed E-state index contributed by atoms with van der Waals surface area (Å²) in [5.74, 6) is -0.111. The molecule has 0 aliphatic heterocycles. The van der Waals surface area contributed by atoms with Gasteiger partial charge in [0.15, 0.2) is 5.65 Å². The van der Waals surface area contributed by atoms with Crippen molar-refractivity contribution in [3.63, 3.8) is 0 Å². The van der Waals surface area contributed by atoms with Gasteiger partial charge in [0.05, 0.1) is 21.8 Å². The predicted molar refractivity (Wildman–Crippen MR) is 121 cm³/mol. The summed E-state index contributed by atoms with van der Waals surface area (Å²) in [6.45, 7) is 5.93. The Hall–Kier alpha value is -2.97. The molecule has 1 saturated carbocycles. The van der Waals surface area contributed by atoms with Crippen LogP contribution in [0.3, 0.4) is 0 Å². The molecule has 0 spiro atoms. The van der Waals surface area contributed by atoms with E-state index in [1.165, 1.54) is 0 Å². The topological polar surface area (TPSA) is 128 Å². The number of rotatable bonds is 6. The standard InChI is InChI=1S/C22H26ClN5O3/c1-10-8-14(23)17(29)12(3)16(10)28-18(24)15(19(25)30)13-7-11(2)21(27-20(13)28)31-9-22(26-4)5-6-22/h7-8,26,29H,5-6,9,24H2,1-4H3,(H2,25,30). The number of pyridine rings is 1. The summed E-state index contributed by atoms with van der Waals surface area (Å²) in [6.07, 6.45) is 2.09. The molecule has 0 atom stereocenters. The Morgan fingerprint density at radius 2 is 2.00 bits per heavy atom. The summed E-state index contributed by atoms with van der Waals surface area (Å²) in [7, 11) is 1.92. The number of nitrogen functional groups attached to an aromatic ring is 1. The molecule has 0 radical (unpaired) electrons. The summed E-state index contributed by atoms with van der Waals surface area (Å²) >= 11 is 6.14. The van der Waals surface area contributed by atoms with E-state index in [1.807, 2.05) is 27.0 Å². The fourth-order valence-corrected chi connectivity index (χ4v) is 4.32. The molecule has 1 aliphatic rings. The highest BCUT2D eigenvalue weighted by Gasteiger charge is 2.42. The fourth-order valence-electron chi connectivity index (χ4n) is 4.02. The number of aromatic hydroxyl groups is 1. The number of phenols is 1. The lowest BCUT2D eigenvalue weighted by molar-refractivity contribution is 0.100. The molecule has 164 valence electrons. The number of aromatic nitrogens is 2. The average Bonchev–Trinajstić information content (AvgIpc) is 3.44. The van der Waals surface area contributed by atoms with Crippen LogP contribution in [0.4, 0.5) is 5.82 Å². The highest BCUT2D eigenvalue weighted by Crippen LogP contribution is 2.40. The lowest BCUT2D eigenvalue weighted by Gasteiger charge is -2.18. The molecule has 2 heterocycles. The third-order valence-electron chi connectivity index (χ3n) is 6.12. The third kappa shape index (κ3) is 3.36. The zero-order chi connectivity index (χ0) is 22.7. The van der Waals surface area contributed by atoms with Crippen LogP contribution in [0.15, 0.2) is 12.1 Å². The van der Waals surface area contributed by atoms with Crippen molar-refractivity contribution in [2.45, 2.75) is 39.2 Å². The molecule has 1 amide bonds. The molecule has 1 aliphatic carbocycles.